The number of likely N-dealkylation sites (N-methyl/N-ethyl adjacent to an activating group) is 1. The van der Waals surface area contributed by atoms with Crippen molar-refractivity contribution in [3.63, 3.8) is 0 Å². The monoisotopic (exact) mass is 383 g/mol. The van der Waals surface area contributed by atoms with Gasteiger partial charge in [0, 0.05) is 12.6 Å². The van der Waals surface area contributed by atoms with Gasteiger partial charge in [0.2, 0.25) is 5.78 Å². The lowest BCUT2D eigenvalue weighted by molar-refractivity contribution is -0.123. The highest BCUT2D eigenvalue weighted by molar-refractivity contribution is 6.14. The highest BCUT2D eigenvalue weighted by atomic mass is 16.5. The molecule has 1 heterocycles. The fourth-order valence-corrected chi connectivity index (χ4v) is 2.72. The second-order valence-corrected chi connectivity index (χ2v) is 6.00. The van der Waals surface area contributed by atoms with Crippen LogP contribution < -0.4 is 19.5 Å². The van der Waals surface area contributed by atoms with Gasteiger partial charge in [-0.1, -0.05) is 6.07 Å². The van der Waals surface area contributed by atoms with E-state index in [4.69, 9.17) is 14.2 Å². The van der Waals surface area contributed by atoms with Crippen LogP contribution in [0, 0.1) is 0 Å². The highest BCUT2D eigenvalue weighted by Crippen LogP contribution is 2.35. The first-order valence-corrected chi connectivity index (χ1v) is 8.95. The van der Waals surface area contributed by atoms with E-state index in [1.807, 2.05) is 13.8 Å². The van der Waals surface area contributed by atoms with Gasteiger partial charge in [0.15, 0.2) is 23.9 Å². The van der Waals surface area contributed by atoms with Gasteiger partial charge in [0.25, 0.3) is 5.91 Å². The van der Waals surface area contributed by atoms with E-state index in [9.17, 15) is 14.7 Å². The summed E-state index contributed by atoms with van der Waals surface area (Å²) in [5.74, 6) is 0.915. The van der Waals surface area contributed by atoms with E-state index in [1.54, 1.807) is 24.3 Å². The third kappa shape index (κ3) is 4.25. The summed E-state index contributed by atoms with van der Waals surface area (Å²) in [4.78, 5) is 24.0. The number of fused-ring (bicyclic) bond motifs is 1. The fourth-order valence-electron chi connectivity index (χ4n) is 2.72. The molecule has 7 nitrogen and oxygen atoms in total. The second-order valence-electron chi connectivity index (χ2n) is 6.00. The summed E-state index contributed by atoms with van der Waals surface area (Å²) in [6.45, 7) is 4.50. The summed E-state index contributed by atoms with van der Waals surface area (Å²) in [6, 6.07) is 9.49. The van der Waals surface area contributed by atoms with Gasteiger partial charge in [0.05, 0.1) is 12.2 Å². The molecule has 0 aliphatic carbocycles. The minimum absolute atomic E-state index is 0.0278. The van der Waals surface area contributed by atoms with Crippen LogP contribution in [0.25, 0.3) is 6.08 Å². The van der Waals surface area contributed by atoms with E-state index in [0.29, 0.717) is 41.5 Å². The zero-order chi connectivity index (χ0) is 20.1. The summed E-state index contributed by atoms with van der Waals surface area (Å²) in [5, 5.41) is 12.2. The van der Waals surface area contributed by atoms with Crippen LogP contribution >= 0.6 is 0 Å². The molecule has 146 valence electrons. The number of amides is 1. The predicted molar refractivity (Wildman–Crippen MR) is 103 cm³/mol. The Balaban J connectivity index is 1.81. The van der Waals surface area contributed by atoms with E-state index in [1.165, 1.54) is 18.2 Å². The maximum absolute atomic E-state index is 12.5. The number of carbonyl (C=O) groups excluding carboxylic acids is 2. The van der Waals surface area contributed by atoms with Crippen LogP contribution in [0.2, 0.25) is 0 Å². The zero-order valence-corrected chi connectivity index (χ0v) is 15.7. The number of benzene rings is 2. The van der Waals surface area contributed by atoms with Gasteiger partial charge in [-0.3, -0.25) is 9.59 Å². The number of rotatable bonds is 7. The van der Waals surface area contributed by atoms with Crippen LogP contribution in [0.1, 0.15) is 29.8 Å². The van der Waals surface area contributed by atoms with Gasteiger partial charge in [-0.2, -0.15) is 0 Å². The number of phenolic OH excluding ortho intramolecular Hbond substituents is 1. The maximum Gasteiger partial charge on any atom is 0.257 e. The fraction of sp³-hybridized carbons (Fsp3) is 0.238. The standard InChI is InChI=1S/C21H21NO6/c1-3-22-20(24)12-27-16-8-5-13(9-18(16)26-4-2)10-19-21(25)15-7-6-14(23)11-17(15)28-19/h5-11,23H,3-4,12H2,1-2H3,(H,22,24). The van der Waals surface area contributed by atoms with Crippen LogP contribution in [0.3, 0.4) is 0 Å². The first-order valence-electron chi connectivity index (χ1n) is 8.95. The van der Waals surface area contributed by atoms with Gasteiger partial charge in [0.1, 0.15) is 11.5 Å². The predicted octanol–water partition coefficient (Wildman–Crippen LogP) is 2.92. The molecule has 2 aromatic rings. The number of allylic oxidation sites excluding steroid dienone is 1. The van der Waals surface area contributed by atoms with Crippen LogP contribution in [0.4, 0.5) is 0 Å². The number of ketones is 1. The van der Waals surface area contributed by atoms with Crippen molar-refractivity contribution in [2.24, 2.45) is 0 Å². The minimum atomic E-state index is -0.260. The molecule has 28 heavy (non-hydrogen) atoms. The second kappa shape index (κ2) is 8.47. The Kier molecular flexibility index (Phi) is 5.84. The van der Waals surface area contributed by atoms with Crippen molar-refractivity contribution >= 4 is 17.8 Å². The van der Waals surface area contributed by atoms with Gasteiger partial charge in [-0.05, 0) is 49.8 Å². The number of hydrogen-bond acceptors (Lipinski definition) is 6. The summed E-state index contributed by atoms with van der Waals surface area (Å²) in [7, 11) is 0. The SMILES string of the molecule is CCNC(=O)COc1ccc(C=C2Oc3cc(O)ccc3C2=O)cc1OCC. The lowest BCUT2D eigenvalue weighted by atomic mass is 10.1. The van der Waals surface area contributed by atoms with E-state index < -0.39 is 0 Å². The Hall–Kier alpha value is -3.48. The molecule has 2 aromatic carbocycles. The van der Waals surface area contributed by atoms with Crippen LogP contribution in [-0.2, 0) is 4.79 Å². The summed E-state index contributed by atoms with van der Waals surface area (Å²) < 4.78 is 16.7. The number of nitrogens with one attached hydrogen (secondary N) is 1. The molecule has 0 saturated carbocycles. The first-order chi connectivity index (χ1) is 13.5. The zero-order valence-electron chi connectivity index (χ0n) is 15.7. The van der Waals surface area contributed by atoms with Crippen LogP contribution in [0.15, 0.2) is 42.2 Å². The molecule has 1 aliphatic rings. The molecule has 0 saturated heterocycles. The van der Waals surface area contributed by atoms with Gasteiger partial charge in [-0.25, -0.2) is 0 Å². The van der Waals surface area contributed by atoms with Crippen molar-refractivity contribution in [2.75, 3.05) is 19.8 Å². The van der Waals surface area contributed by atoms with Crippen molar-refractivity contribution < 1.29 is 28.9 Å². The van der Waals surface area contributed by atoms with Gasteiger partial charge < -0.3 is 24.6 Å². The third-order valence-electron chi connectivity index (χ3n) is 3.95. The van der Waals surface area contributed by atoms with Crippen LogP contribution in [-0.4, -0.2) is 36.6 Å². The normalized spacial score (nSPS) is 13.8. The Morgan fingerprint density at radius 2 is 1.96 bits per heavy atom. The largest absolute Gasteiger partial charge is 0.508 e. The molecule has 0 fully saturated rings. The number of ether oxygens (including phenoxy) is 3. The van der Waals surface area contributed by atoms with Crippen molar-refractivity contribution in [3.05, 3.63) is 53.3 Å². The van der Waals surface area contributed by atoms with Crippen molar-refractivity contribution in [1.29, 1.82) is 0 Å². The molecule has 2 N–H and O–H groups in total. The average molecular weight is 383 g/mol. The van der Waals surface area contributed by atoms with Gasteiger partial charge >= 0.3 is 0 Å². The molecule has 0 bridgehead atoms. The summed E-state index contributed by atoms with van der Waals surface area (Å²) in [5.41, 5.74) is 1.07. The molecule has 3 rings (SSSR count). The molecule has 0 atom stereocenters. The summed E-state index contributed by atoms with van der Waals surface area (Å²) >= 11 is 0. The first kappa shape index (κ1) is 19.3. The Labute approximate surface area is 162 Å². The van der Waals surface area contributed by atoms with E-state index in [2.05, 4.69) is 5.32 Å². The molecule has 0 aromatic heterocycles. The molecule has 7 heteroatoms. The Bertz CT molecular complexity index is 934. The Morgan fingerprint density at radius 1 is 1.14 bits per heavy atom. The van der Waals surface area contributed by atoms with Crippen molar-refractivity contribution in [1.82, 2.24) is 5.32 Å². The molecule has 0 unspecified atom stereocenters. The Morgan fingerprint density at radius 3 is 2.71 bits per heavy atom. The lowest BCUT2D eigenvalue weighted by Gasteiger charge is -2.12. The summed E-state index contributed by atoms with van der Waals surface area (Å²) in [6.07, 6.45) is 1.59. The van der Waals surface area contributed by atoms with Crippen molar-refractivity contribution in [3.8, 4) is 23.0 Å². The lowest BCUT2D eigenvalue weighted by Crippen LogP contribution is -2.28. The molecular weight excluding hydrogens is 362 g/mol. The minimum Gasteiger partial charge on any atom is -0.508 e. The molecule has 1 amide bonds. The molecular formula is C21H21NO6. The smallest absolute Gasteiger partial charge is 0.257 e. The van der Waals surface area contributed by atoms with E-state index in [0.717, 1.165) is 0 Å². The molecule has 0 spiro atoms. The van der Waals surface area contributed by atoms with E-state index >= 15 is 0 Å². The number of phenols is 1. The maximum atomic E-state index is 12.5. The van der Waals surface area contributed by atoms with Crippen molar-refractivity contribution in [2.45, 2.75) is 13.8 Å². The number of Topliss-reactive ketones (excluding diaryl/α,β-unsaturated/α-hetero) is 1. The van der Waals surface area contributed by atoms with Crippen LogP contribution in [0.5, 0.6) is 23.0 Å². The number of hydrogen-bond donors (Lipinski definition) is 2. The quantitative estimate of drug-likeness (QED) is 0.714. The number of carbonyl (C=O) groups is 2. The molecule has 0 radical (unpaired) electrons. The van der Waals surface area contributed by atoms with E-state index in [-0.39, 0.29) is 29.8 Å². The van der Waals surface area contributed by atoms with Gasteiger partial charge in [-0.15, -0.1) is 0 Å². The number of aromatic hydroxyl groups is 1. The topological polar surface area (TPSA) is 94.1 Å². The highest BCUT2D eigenvalue weighted by Gasteiger charge is 2.27. The average Bonchev–Trinajstić information content (AvgIpc) is 2.96. The third-order valence-corrected chi connectivity index (χ3v) is 3.95. The molecule has 1 aliphatic heterocycles.